The Morgan fingerprint density at radius 2 is 2.05 bits per heavy atom. The van der Waals surface area contributed by atoms with Gasteiger partial charge in [0.15, 0.2) is 0 Å². The second-order valence-electron chi connectivity index (χ2n) is 4.07. The highest BCUT2D eigenvalue weighted by Crippen LogP contribution is 2.26. The van der Waals surface area contributed by atoms with Crippen LogP contribution in [-0.4, -0.2) is 24.2 Å². The summed E-state index contributed by atoms with van der Waals surface area (Å²) < 4.78 is 5.58. The number of benzene rings is 1. The second-order valence-corrected chi connectivity index (χ2v) is 4.50. The van der Waals surface area contributed by atoms with Gasteiger partial charge in [0.05, 0.1) is 12.2 Å². The lowest BCUT2D eigenvalue weighted by Crippen LogP contribution is -2.26. The summed E-state index contributed by atoms with van der Waals surface area (Å²) in [7, 11) is 0. The molecule has 2 N–H and O–H groups in total. The smallest absolute Gasteiger partial charge is 0.254 e. The van der Waals surface area contributed by atoms with Gasteiger partial charge in [0.2, 0.25) is 0 Å². The Hall–Kier alpha value is -1.78. The lowest BCUT2D eigenvalue weighted by Gasteiger charge is -2.00. The number of aliphatic hydroxyl groups excluding tert-OH is 1. The van der Waals surface area contributed by atoms with Crippen molar-refractivity contribution in [2.75, 3.05) is 13.2 Å². The Kier molecular flexibility index (Phi) is 4.24. The van der Waals surface area contributed by atoms with E-state index < -0.39 is 0 Å². The van der Waals surface area contributed by atoms with Gasteiger partial charge in [0, 0.05) is 17.1 Å². The van der Waals surface area contributed by atoms with Gasteiger partial charge in [0.1, 0.15) is 11.5 Å². The van der Waals surface area contributed by atoms with Crippen molar-refractivity contribution in [1.29, 1.82) is 0 Å². The zero-order valence-corrected chi connectivity index (χ0v) is 11.2. The van der Waals surface area contributed by atoms with E-state index in [0.717, 1.165) is 5.56 Å². The molecule has 0 aliphatic carbocycles. The standard InChI is InChI=1S/C14H14ClNO3/c1-9-12(14(18)16-6-7-17)8-13(19-9)10-2-4-11(15)5-3-10/h2-5,8,17H,6-7H2,1H3,(H,16,18). The number of carbonyl (C=O) groups is 1. The molecule has 0 unspecified atom stereocenters. The lowest BCUT2D eigenvalue weighted by atomic mass is 10.1. The Labute approximate surface area is 116 Å². The number of nitrogens with one attached hydrogen (secondary N) is 1. The first-order chi connectivity index (χ1) is 9.11. The van der Waals surface area contributed by atoms with Crippen LogP contribution < -0.4 is 5.32 Å². The molecule has 4 nitrogen and oxygen atoms in total. The highest BCUT2D eigenvalue weighted by Gasteiger charge is 2.15. The highest BCUT2D eigenvalue weighted by atomic mass is 35.5. The van der Waals surface area contributed by atoms with Crippen LogP contribution in [0.25, 0.3) is 11.3 Å². The maximum absolute atomic E-state index is 11.8. The van der Waals surface area contributed by atoms with Crippen molar-refractivity contribution in [1.82, 2.24) is 5.32 Å². The molecule has 0 fully saturated rings. The maximum atomic E-state index is 11.8. The number of carbonyl (C=O) groups excluding carboxylic acids is 1. The van der Waals surface area contributed by atoms with Crippen molar-refractivity contribution in [2.24, 2.45) is 0 Å². The van der Waals surface area contributed by atoms with E-state index in [0.29, 0.717) is 22.1 Å². The summed E-state index contributed by atoms with van der Waals surface area (Å²) in [6.07, 6.45) is 0. The number of halogens is 1. The second kappa shape index (κ2) is 5.91. The molecule has 2 aromatic rings. The average molecular weight is 280 g/mol. The zero-order chi connectivity index (χ0) is 13.8. The van der Waals surface area contributed by atoms with E-state index in [4.69, 9.17) is 21.1 Å². The predicted molar refractivity (Wildman–Crippen MR) is 73.3 cm³/mol. The van der Waals surface area contributed by atoms with Crippen LogP contribution in [0.4, 0.5) is 0 Å². The normalized spacial score (nSPS) is 10.5. The van der Waals surface area contributed by atoms with Crippen molar-refractivity contribution in [3.8, 4) is 11.3 Å². The third-order valence-corrected chi connectivity index (χ3v) is 2.94. The summed E-state index contributed by atoms with van der Waals surface area (Å²) in [6, 6.07) is 8.87. The summed E-state index contributed by atoms with van der Waals surface area (Å²) in [5.74, 6) is 0.902. The Morgan fingerprint density at radius 3 is 2.68 bits per heavy atom. The van der Waals surface area contributed by atoms with Gasteiger partial charge in [-0.3, -0.25) is 4.79 Å². The number of hydrogen-bond acceptors (Lipinski definition) is 3. The third-order valence-electron chi connectivity index (χ3n) is 2.69. The molecule has 100 valence electrons. The van der Waals surface area contributed by atoms with Gasteiger partial charge in [-0.2, -0.15) is 0 Å². The van der Waals surface area contributed by atoms with Gasteiger partial charge in [-0.15, -0.1) is 0 Å². The first kappa shape index (κ1) is 13.6. The van der Waals surface area contributed by atoms with Crippen LogP contribution >= 0.6 is 11.6 Å². The Balaban J connectivity index is 2.25. The van der Waals surface area contributed by atoms with Gasteiger partial charge in [-0.05, 0) is 37.3 Å². The van der Waals surface area contributed by atoms with Gasteiger partial charge in [-0.1, -0.05) is 11.6 Å². The Bertz CT molecular complexity index is 575. The number of aliphatic hydroxyl groups is 1. The van der Waals surface area contributed by atoms with Crippen LogP contribution in [-0.2, 0) is 0 Å². The van der Waals surface area contributed by atoms with E-state index in [1.807, 2.05) is 12.1 Å². The zero-order valence-electron chi connectivity index (χ0n) is 10.4. The first-order valence-electron chi connectivity index (χ1n) is 5.87. The average Bonchev–Trinajstić information content (AvgIpc) is 2.79. The molecule has 1 aromatic heterocycles. The molecule has 1 heterocycles. The summed E-state index contributed by atoms with van der Waals surface area (Å²) in [5.41, 5.74) is 1.33. The molecule has 1 amide bonds. The van der Waals surface area contributed by atoms with Crippen molar-refractivity contribution >= 4 is 17.5 Å². The molecular weight excluding hydrogens is 266 g/mol. The topological polar surface area (TPSA) is 62.5 Å². The number of aryl methyl sites for hydroxylation is 1. The molecule has 0 saturated heterocycles. The van der Waals surface area contributed by atoms with Gasteiger partial charge < -0.3 is 14.8 Å². The number of hydrogen-bond donors (Lipinski definition) is 2. The van der Waals surface area contributed by atoms with E-state index in [1.54, 1.807) is 25.1 Å². The molecule has 0 spiro atoms. The monoisotopic (exact) mass is 279 g/mol. The maximum Gasteiger partial charge on any atom is 0.254 e. The minimum Gasteiger partial charge on any atom is -0.461 e. The van der Waals surface area contributed by atoms with E-state index >= 15 is 0 Å². The number of amides is 1. The van der Waals surface area contributed by atoms with E-state index in [2.05, 4.69) is 5.32 Å². The van der Waals surface area contributed by atoms with Crippen molar-refractivity contribution < 1.29 is 14.3 Å². The summed E-state index contributed by atoms with van der Waals surface area (Å²) >= 11 is 5.82. The lowest BCUT2D eigenvalue weighted by molar-refractivity contribution is 0.0943. The van der Waals surface area contributed by atoms with Crippen LogP contribution in [0.5, 0.6) is 0 Å². The number of rotatable bonds is 4. The molecule has 2 rings (SSSR count). The fourth-order valence-corrected chi connectivity index (χ4v) is 1.85. The van der Waals surface area contributed by atoms with E-state index in [1.165, 1.54) is 0 Å². The molecule has 19 heavy (non-hydrogen) atoms. The highest BCUT2D eigenvalue weighted by molar-refractivity contribution is 6.30. The Morgan fingerprint density at radius 1 is 1.37 bits per heavy atom. The molecule has 0 aliphatic rings. The van der Waals surface area contributed by atoms with Crippen LogP contribution in [0.1, 0.15) is 16.1 Å². The minimum atomic E-state index is -0.254. The summed E-state index contributed by atoms with van der Waals surface area (Å²) in [4.78, 5) is 11.8. The molecule has 0 aliphatic heterocycles. The van der Waals surface area contributed by atoms with E-state index in [-0.39, 0.29) is 19.1 Å². The molecule has 5 heteroatoms. The molecule has 1 aromatic carbocycles. The molecule has 0 bridgehead atoms. The largest absolute Gasteiger partial charge is 0.461 e. The van der Waals surface area contributed by atoms with Gasteiger partial charge in [0.25, 0.3) is 5.91 Å². The molecular formula is C14H14ClNO3. The minimum absolute atomic E-state index is 0.0906. The van der Waals surface area contributed by atoms with Gasteiger partial charge >= 0.3 is 0 Å². The van der Waals surface area contributed by atoms with Gasteiger partial charge in [-0.25, -0.2) is 0 Å². The fourth-order valence-electron chi connectivity index (χ4n) is 1.73. The SMILES string of the molecule is Cc1oc(-c2ccc(Cl)cc2)cc1C(=O)NCCO. The van der Waals surface area contributed by atoms with Crippen LogP contribution in [0, 0.1) is 6.92 Å². The first-order valence-corrected chi connectivity index (χ1v) is 6.25. The number of furan rings is 1. The summed E-state index contributed by atoms with van der Waals surface area (Å²) in [6.45, 7) is 1.86. The fraction of sp³-hybridized carbons (Fsp3) is 0.214. The third kappa shape index (κ3) is 3.16. The van der Waals surface area contributed by atoms with Crippen molar-refractivity contribution in [2.45, 2.75) is 6.92 Å². The quantitative estimate of drug-likeness (QED) is 0.904. The predicted octanol–water partition coefficient (Wildman–Crippen LogP) is 2.63. The van der Waals surface area contributed by atoms with Crippen LogP contribution in [0.2, 0.25) is 5.02 Å². The van der Waals surface area contributed by atoms with Crippen molar-refractivity contribution in [3.05, 3.63) is 46.7 Å². The van der Waals surface area contributed by atoms with E-state index in [9.17, 15) is 4.79 Å². The van der Waals surface area contributed by atoms with Crippen LogP contribution in [0.15, 0.2) is 34.7 Å². The molecule has 0 radical (unpaired) electrons. The van der Waals surface area contributed by atoms with Crippen molar-refractivity contribution in [3.63, 3.8) is 0 Å². The summed E-state index contributed by atoms with van der Waals surface area (Å²) in [5, 5.41) is 11.9. The van der Waals surface area contributed by atoms with Crippen LogP contribution in [0.3, 0.4) is 0 Å². The molecule has 0 saturated carbocycles. The molecule has 0 atom stereocenters.